The van der Waals surface area contributed by atoms with Crippen LogP contribution in [0.25, 0.3) is 0 Å². The Bertz CT molecular complexity index is 600. The summed E-state index contributed by atoms with van der Waals surface area (Å²) in [6.45, 7) is 2.72. The fourth-order valence-corrected chi connectivity index (χ4v) is 2.31. The van der Waals surface area contributed by atoms with Crippen molar-refractivity contribution in [3.8, 4) is 5.75 Å². The molecule has 22 heavy (non-hydrogen) atoms. The molecule has 2 N–H and O–H groups in total. The van der Waals surface area contributed by atoms with Crippen LogP contribution in [0.3, 0.4) is 0 Å². The van der Waals surface area contributed by atoms with Gasteiger partial charge in [0.05, 0.1) is 12.8 Å². The molecule has 0 aromatic heterocycles. The molecule has 0 bridgehead atoms. The second kappa shape index (κ2) is 6.93. The minimum absolute atomic E-state index is 0.0190. The van der Waals surface area contributed by atoms with Crippen LogP contribution in [0, 0.1) is 0 Å². The molecule has 1 heterocycles. The number of benzene rings is 1. The summed E-state index contributed by atoms with van der Waals surface area (Å²) < 4.78 is 5.27. The zero-order chi connectivity index (χ0) is 16.1. The molecule has 0 spiro atoms. The summed E-state index contributed by atoms with van der Waals surface area (Å²) in [7, 11) is 1.52. The Morgan fingerprint density at radius 1 is 1.32 bits per heavy atom. The van der Waals surface area contributed by atoms with E-state index >= 15 is 0 Å². The maximum atomic E-state index is 11.9. The van der Waals surface area contributed by atoms with Crippen molar-refractivity contribution in [2.24, 2.45) is 0 Å². The lowest BCUT2D eigenvalue weighted by Gasteiger charge is -2.20. The molecule has 1 saturated heterocycles. The van der Waals surface area contributed by atoms with Crippen LogP contribution in [0.1, 0.15) is 19.8 Å². The van der Waals surface area contributed by atoms with Gasteiger partial charge in [0.2, 0.25) is 5.91 Å². The van der Waals surface area contributed by atoms with Crippen LogP contribution in [0.5, 0.6) is 5.75 Å². The highest BCUT2D eigenvalue weighted by molar-refractivity contribution is 6.39. The lowest BCUT2D eigenvalue weighted by atomic mass is 10.2. The average Bonchev–Trinajstić information content (AvgIpc) is 2.93. The van der Waals surface area contributed by atoms with Crippen LogP contribution in [0.4, 0.5) is 11.4 Å². The first-order valence-electron chi connectivity index (χ1n) is 7.14. The van der Waals surface area contributed by atoms with Crippen LogP contribution in [0.15, 0.2) is 18.2 Å². The molecule has 2 rings (SSSR count). The van der Waals surface area contributed by atoms with E-state index in [1.165, 1.54) is 7.11 Å². The zero-order valence-corrected chi connectivity index (χ0v) is 12.6. The Kier molecular flexibility index (Phi) is 4.98. The van der Waals surface area contributed by atoms with Gasteiger partial charge in [-0.25, -0.2) is 0 Å². The predicted molar refractivity (Wildman–Crippen MR) is 81.9 cm³/mol. The van der Waals surface area contributed by atoms with Gasteiger partial charge in [-0.15, -0.1) is 0 Å². The van der Waals surface area contributed by atoms with E-state index in [4.69, 9.17) is 4.74 Å². The van der Waals surface area contributed by atoms with Gasteiger partial charge >= 0.3 is 11.8 Å². The van der Waals surface area contributed by atoms with E-state index in [0.717, 1.165) is 6.42 Å². The topological polar surface area (TPSA) is 87.7 Å². The second-order valence-electron chi connectivity index (χ2n) is 4.85. The van der Waals surface area contributed by atoms with E-state index in [1.807, 2.05) is 0 Å². The number of hydrogen-bond donors (Lipinski definition) is 2. The molecule has 0 aliphatic carbocycles. The van der Waals surface area contributed by atoms with E-state index in [0.29, 0.717) is 36.6 Å². The number of amides is 3. The van der Waals surface area contributed by atoms with Crippen molar-refractivity contribution in [2.45, 2.75) is 19.8 Å². The van der Waals surface area contributed by atoms with Crippen molar-refractivity contribution in [1.82, 2.24) is 5.32 Å². The van der Waals surface area contributed by atoms with Crippen LogP contribution >= 0.6 is 0 Å². The first-order chi connectivity index (χ1) is 10.6. The summed E-state index contributed by atoms with van der Waals surface area (Å²) in [5.41, 5.74) is 1.03. The van der Waals surface area contributed by atoms with E-state index in [9.17, 15) is 14.4 Å². The highest BCUT2D eigenvalue weighted by Crippen LogP contribution is 2.33. The molecule has 0 atom stereocenters. The monoisotopic (exact) mass is 305 g/mol. The minimum atomic E-state index is -0.745. The van der Waals surface area contributed by atoms with Crippen LogP contribution in [-0.4, -0.2) is 37.9 Å². The smallest absolute Gasteiger partial charge is 0.313 e. The summed E-state index contributed by atoms with van der Waals surface area (Å²) >= 11 is 0. The molecule has 1 aliphatic rings. The predicted octanol–water partition coefficient (Wildman–Crippen LogP) is 0.897. The molecule has 1 aromatic carbocycles. The van der Waals surface area contributed by atoms with Gasteiger partial charge in [-0.1, -0.05) is 0 Å². The number of hydrogen-bond acceptors (Lipinski definition) is 4. The lowest BCUT2D eigenvalue weighted by Crippen LogP contribution is -2.35. The van der Waals surface area contributed by atoms with Gasteiger partial charge in [0.25, 0.3) is 0 Å². The molecular formula is C15H19N3O4. The van der Waals surface area contributed by atoms with Crippen molar-refractivity contribution in [1.29, 1.82) is 0 Å². The summed E-state index contributed by atoms with van der Waals surface area (Å²) in [5, 5.41) is 4.94. The van der Waals surface area contributed by atoms with Gasteiger partial charge in [-0.2, -0.15) is 0 Å². The largest absolute Gasteiger partial charge is 0.495 e. The fourth-order valence-electron chi connectivity index (χ4n) is 2.31. The number of rotatable bonds is 4. The van der Waals surface area contributed by atoms with Crippen molar-refractivity contribution in [3.63, 3.8) is 0 Å². The minimum Gasteiger partial charge on any atom is -0.495 e. The number of nitrogens with zero attached hydrogens (tertiary/aromatic N) is 1. The second-order valence-corrected chi connectivity index (χ2v) is 4.85. The summed E-state index contributed by atoms with van der Waals surface area (Å²) in [6.07, 6.45) is 1.29. The van der Waals surface area contributed by atoms with Crippen molar-refractivity contribution >= 4 is 29.1 Å². The van der Waals surface area contributed by atoms with Gasteiger partial charge in [0.1, 0.15) is 5.75 Å². The van der Waals surface area contributed by atoms with E-state index in [1.54, 1.807) is 30.0 Å². The van der Waals surface area contributed by atoms with Crippen LogP contribution in [0.2, 0.25) is 0 Å². The Morgan fingerprint density at radius 2 is 2.09 bits per heavy atom. The molecule has 118 valence electrons. The number of ether oxygens (including phenoxy) is 1. The molecule has 1 aliphatic heterocycles. The fraction of sp³-hybridized carbons (Fsp3) is 0.400. The van der Waals surface area contributed by atoms with Crippen LogP contribution in [-0.2, 0) is 14.4 Å². The highest BCUT2D eigenvalue weighted by Gasteiger charge is 2.25. The number of likely N-dealkylation sites (N-methyl/N-ethyl adjacent to an activating group) is 1. The van der Waals surface area contributed by atoms with Gasteiger partial charge in [-0.05, 0) is 31.5 Å². The maximum Gasteiger partial charge on any atom is 0.313 e. The number of carbonyl (C=O) groups is 3. The Balaban J connectivity index is 2.22. The third-order valence-electron chi connectivity index (χ3n) is 3.34. The van der Waals surface area contributed by atoms with E-state index in [2.05, 4.69) is 10.6 Å². The van der Waals surface area contributed by atoms with Crippen LogP contribution < -0.4 is 20.3 Å². The summed E-state index contributed by atoms with van der Waals surface area (Å²) in [5.74, 6) is -0.875. The quantitative estimate of drug-likeness (QED) is 0.809. The molecule has 1 aromatic rings. The van der Waals surface area contributed by atoms with Crippen molar-refractivity contribution < 1.29 is 19.1 Å². The first-order valence-corrected chi connectivity index (χ1v) is 7.14. The van der Waals surface area contributed by atoms with Gasteiger partial charge in [0, 0.05) is 25.2 Å². The Morgan fingerprint density at radius 3 is 2.68 bits per heavy atom. The molecule has 0 radical (unpaired) electrons. The van der Waals surface area contributed by atoms with E-state index in [-0.39, 0.29) is 5.91 Å². The summed E-state index contributed by atoms with van der Waals surface area (Å²) in [4.78, 5) is 36.7. The molecule has 3 amide bonds. The molecule has 7 heteroatoms. The molecule has 7 nitrogen and oxygen atoms in total. The third-order valence-corrected chi connectivity index (χ3v) is 3.34. The highest BCUT2D eigenvalue weighted by atomic mass is 16.5. The van der Waals surface area contributed by atoms with Gasteiger partial charge in [-0.3, -0.25) is 14.4 Å². The number of anilines is 2. The summed E-state index contributed by atoms with van der Waals surface area (Å²) in [6, 6.07) is 4.92. The Labute approximate surface area is 128 Å². The SMILES string of the molecule is CCNC(=O)C(=O)Nc1ccc(OC)c(N2CCCC2=O)c1. The first kappa shape index (κ1) is 15.8. The van der Waals surface area contributed by atoms with Gasteiger partial charge in [0.15, 0.2) is 0 Å². The molecule has 0 saturated carbocycles. The third kappa shape index (κ3) is 3.36. The number of methoxy groups -OCH3 is 1. The molecule has 0 unspecified atom stereocenters. The number of carbonyl (C=O) groups excluding carboxylic acids is 3. The molecular weight excluding hydrogens is 286 g/mol. The van der Waals surface area contributed by atoms with Crippen molar-refractivity contribution in [3.05, 3.63) is 18.2 Å². The average molecular weight is 305 g/mol. The standard InChI is InChI=1S/C15H19N3O4/c1-3-16-14(20)15(21)17-10-6-7-12(22-2)11(9-10)18-8-4-5-13(18)19/h6-7,9H,3-5,8H2,1-2H3,(H,16,20)(H,17,21). The van der Waals surface area contributed by atoms with E-state index < -0.39 is 11.8 Å². The zero-order valence-electron chi connectivity index (χ0n) is 12.6. The molecule has 1 fully saturated rings. The normalized spacial score (nSPS) is 13.9. The Hall–Kier alpha value is -2.57. The lowest BCUT2D eigenvalue weighted by molar-refractivity contribution is -0.136. The van der Waals surface area contributed by atoms with Crippen molar-refractivity contribution in [2.75, 3.05) is 30.4 Å². The van der Waals surface area contributed by atoms with Gasteiger partial charge < -0.3 is 20.3 Å². The maximum absolute atomic E-state index is 11.9. The number of nitrogens with one attached hydrogen (secondary N) is 2.